The van der Waals surface area contributed by atoms with Crippen LogP contribution >= 0.6 is 0 Å². The molecular formula is C16H21NO2. The summed E-state index contributed by atoms with van der Waals surface area (Å²) in [4.78, 5) is 26.1. The van der Waals surface area contributed by atoms with Gasteiger partial charge >= 0.3 is 0 Å². The molecule has 0 saturated carbocycles. The minimum Gasteiger partial charge on any atom is -0.299 e. The van der Waals surface area contributed by atoms with Gasteiger partial charge in [0.1, 0.15) is 5.78 Å². The van der Waals surface area contributed by atoms with Gasteiger partial charge in [0.05, 0.1) is 11.5 Å². The fraction of sp³-hybridized carbons (Fsp3) is 0.500. The van der Waals surface area contributed by atoms with E-state index in [0.29, 0.717) is 6.42 Å². The zero-order valence-corrected chi connectivity index (χ0v) is 11.8. The molecule has 1 unspecified atom stereocenters. The normalized spacial score (nSPS) is 23.3. The van der Waals surface area contributed by atoms with Gasteiger partial charge in [-0.1, -0.05) is 30.3 Å². The first-order valence-electron chi connectivity index (χ1n) is 6.76. The lowest BCUT2D eigenvalue weighted by atomic mass is 9.79. The van der Waals surface area contributed by atoms with Gasteiger partial charge in [0.15, 0.2) is 5.78 Å². The van der Waals surface area contributed by atoms with E-state index in [1.54, 1.807) is 0 Å². The van der Waals surface area contributed by atoms with E-state index in [9.17, 15) is 9.59 Å². The van der Waals surface area contributed by atoms with Crippen molar-refractivity contribution in [3.05, 3.63) is 35.9 Å². The van der Waals surface area contributed by atoms with Crippen LogP contribution in [0.1, 0.15) is 32.8 Å². The number of hydrogen-bond acceptors (Lipinski definition) is 3. The smallest absolute Gasteiger partial charge is 0.162 e. The Morgan fingerprint density at radius 3 is 2.53 bits per heavy atom. The van der Waals surface area contributed by atoms with Crippen LogP contribution in [-0.2, 0) is 16.1 Å². The van der Waals surface area contributed by atoms with Crippen LogP contribution in [-0.4, -0.2) is 28.6 Å². The maximum Gasteiger partial charge on any atom is 0.162 e. The van der Waals surface area contributed by atoms with Gasteiger partial charge in [-0.05, 0) is 32.8 Å². The van der Waals surface area contributed by atoms with Gasteiger partial charge in [-0.25, -0.2) is 0 Å². The molecule has 0 amide bonds. The predicted octanol–water partition coefficient (Wildman–Crippen LogP) is 2.45. The summed E-state index contributed by atoms with van der Waals surface area (Å²) in [6.07, 6.45) is 0.643. The number of carbonyl (C=O) groups excluding carboxylic acids is 2. The first kappa shape index (κ1) is 13.9. The lowest BCUT2D eigenvalue weighted by molar-refractivity contribution is -0.144. The molecule has 1 fully saturated rings. The van der Waals surface area contributed by atoms with E-state index < -0.39 is 11.5 Å². The maximum atomic E-state index is 12.4. The van der Waals surface area contributed by atoms with Crippen molar-refractivity contribution in [2.45, 2.75) is 39.3 Å². The van der Waals surface area contributed by atoms with Crippen LogP contribution in [0.3, 0.4) is 0 Å². The quantitative estimate of drug-likeness (QED) is 0.782. The number of nitrogens with zero attached hydrogens (tertiary/aromatic N) is 1. The van der Waals surface area contributed by atoms with Crippen molar-refractivity contribution < 1.29 is 9.59 Å². The predicted molar refractivity (Wildman–Crippen MR) is 74.7 cm³/mol. The Bertz CT molecular complexity index is 479. The molecule has 1 aromatic rings. The van der Waals surface area contributed by atoms with Gasteiger partial charge in [0.2, 0.25) is 0 Å². The molecule has 1 atom stereocenters. The van der Waals surface area contributed by atoms with Crippen molar-refractivity contribution in [1.82, 2.24) is 4.90 Å². The molecule has 1 aromatic carbocycles. The summed E-state index contributed by atoms with van der Waals surface area (Å²) in [5, 5.41) is 0. The summed E-state index contributed by atoms with van der Waals surface area (Å²) in [7, 11) is 0. The van der Waals surface area contributed by atoms with Gasteiger partial charge < -0.3 is 0 Å². The largest absolute Gasteiger partial charge is 0.299 e. The first-order chi connectivity index (χ1) is 8.93. The van der Waals surface area contributed by atoms with E-state index in [2.05, 4.69) is 17.0 Å². The number of ketones is 2. The molecule has 0 radical (unpaired) electrons. The van der Waals surface area contributed by atoms with Crippen molar-refractivity contribution >= 4 is 11.6 Å². The summed E-state index contributed by atoms with van der Waals surface area (Å²) in [6.45, 7) is 6.91. The lowest BCUT2D eigenvalue weighted by Gasteiger charge is -2.43. The molecule has 1 heterocycles. The molecule has 3 heteroatoms. The molecule has 1 aliphatic rings. The molecule has 2 rings (SSSR count). The van der Waals surface area contributed by atoms with Gasteiger partial charge in [-0.3, -0.25) is 14.5 Å². The summed E-state index contributed by atoms with van der Waals surface area (Å²) in [5.74, 6) is -0.360. The number of likely N-dealkylation sites (tertiary alicyclic amines) is 1. The van der Waals surface area contributed by atoms with Crippen LogP contribution in [0.25, 0.3) is 0 Å². The Kier molecular flexibility index (Phi) is 3.85. The molecule has 0 N–H and O–H groups in total. The van der Waals surface area contributed by atoms with Crippen molar-refractivity contribution in [3.63, 3.8) is 0 Å². The second kappa shape index (κ2) is 5.25. The second-order valence-electron chi connectivity index (χ2n) is 5.78. The molecule has 19 heavy (non-hydrogen) atoms. The number of piperidine rings is 1. The van der Waals surface area contributed by atoms with Crippen LogP contribution in [0, 0.1) is 5.92 Å². The highest BCUT2D eigenvalue weighted by molar-refractivity contribution is 6.05. The van der Waals surface area contributed by atoms with Crippen LogP contribution < -0.4 is 0 Å². The molecule has 0 aliphatic carbocycles. The lowest BCUT2D eigenvalue weighted by Crippen LogP contribution is -2.57. The van der Waals surface area contributed by atoms with Crippen molar-refractivity contribution in [1.29, 1.82) is 0 Å². The number of benzene rings is 1. The molecule has 3 nitrogen and oxygen atoms in total. The Balaban J connectivity index is 2.16. The van der Waals surface area contributed by atoms with Crippen LogP contribution in [0.4, 0.5) is 0 Å². The minimum absolute atomic E-state index is 0.00237. The average molecular weight is 259 g/mol. The molecule has 0 spiro atoms. The third-order valence-corrected chi connectivity index (χ3v) is 4.10. The van der Waals surface area contributed by atoms with E-state index >= 15 is 0 Å². The SMILES string of the molecule is CC(=O)C1CCN(Cc2ccccc2)C(C)(C)C1=O. The summed E-state index contributed by atoms with van der Waals surface area (Å²) < 4.78 is 0. The average Bonchev–Trinajstić information content (AvgIpc) is 2.36. The van der Waals surface area contributed by atoms with E-state index in [1.165, 1.54) is 12.5 Å². The monoisotopic (exact) mass is 259 g/mol. The Labute approximate surface area is 114 Å². The highest BCUT2D eigenvalue weighted by atomic mass is 16.2. The molecular weight excluding hydrogens is 238 g/mol. The molecule has 1 saturated heterocycles. The van der Waals surface area contributed by atoms with E-state index in [0.717, 1.165) is 13.1 Å². The van der Waals surface area contributed by atoms with Gasteiger partial charge in [-0.2, -0.15) is 0 Å². The second-order valence-corrected chi connectivity index (χ2v) is 5.78. The first-order valence-corrected chi connectivity index (χ1v) is 6.76. The fourth-order valence-electron chi connectivity index (χ4n) is 2.75. The molecule has 102 valence electrons. The summed E-state index contributed by atoms with van der Waals surface area (Å²) in [6, 6.07) is 10.1. The molecule has 0 bridgehead atoms. The standard InChI is InChI=1S/C16H21NO2/c1-12(18)14-9-10-17(16(2,3)15(14)19)11-13-7-5-4-6-8-13/h4-8,14H,9-11H2,1-3H3. The molecule has 1 aliphatic heterocycles. The van der Waals surface area contributed by atoms with Crippen molar-refractivity contribution in [2.75, 3.05) is 6.54 Å². The third-order valence-electron chi connectivity index (χ3n) is 4.10. The highest BCUT2D eigenvalue weighted by Gasteiger charge is 2.44. The van der Waals surface area contributed by atoms with Gasteiger partial charge in [0.25, 0.3) is 0 Å². The van der Waals surface area contributed by atoms with Crippen molar-refractivity contribution in [2.24, 2.45) is 5.92 Å². The topological polar surface area (TPSA) is 37.4 Å². The fourth-order valence-corrected chi connectivity index (χ4v) is 2.75. The van der Waals surface area contributed by atoms with E-state index in [-0.39, 0.29) is 11.6 Å². The van der Waals surface area contributed by atoms with Crippen LogP contribution in [0.15, 0.2) is 30.3 Å². The zero-order chi connectivity index (χ0) is 14.0. The Morgan fingerprint density at radius 1 is 1.32 bits per heavy atom. The third kappa shape index (κ3) is 2.76. The number of Topliss-reactive ketones (excluding diaryl/α,β-unsaturated/α-hetero) is 2. The number of rotatable bonds is 3. The van der Waals surface area contributed by atoms with Crippen LogP contribution in [0.2, 0.25) is 0 Å². The van der Waals surface area contributed by atoms with E-state index in [4.69, 9.17) is 0 Å². The van der Waals surface area contributed by atoms with Gasteiger partial charge in [-0.15, -0.1) is 0 Å². The highest BCUT2D eigenvalue weighted by Crippen LogP contribution is 2.30. The maximum absolute atomic E-state index is 12.4. The van der Waals surface area contributed by atoms with E-state index in [1.807, 2.05) is 32.0 Å². The van der Waals surface area contributed by atoms with Crippen LogP contribution in [0.5, 0.6) is 0 Å². The summed E-state index contributed by atoms with van der Waals surface area (Å²) >= 11 is 0. The summed E-state index contributed by atoms with van der Waals surface area (Å²) in [5.41, 5.74) is 0.634. The molecule has 0 aromatic heterocycles. The zero-order valence-electron chi connectivity index (χ0n) is 11.8. The number of hydrogen-bond donors (Lipinski definition) is 0. The Morgan fingerprint density at radius 2 is 1.95 bits per heavy atom. The minimum atomic E-state index is -0.565. The van der Waals surface area contributed by atoms with Gasteiger partial charge in [0, 0.05) is 13.1 Å². The Hall–Kier alpha value is -1.48. The number of carbonyl (C=O) groups is 2. The van der Waals surface area contributed by atoms with Crippen molar-refractivity contribution in [3.8, 4) is 0 Å².